The van der Waals surface area contributed by atoms with Crippen molar-refractivity contribution in [2.75, 3.05) is 0 Å². The van der Waals surface area contributed by atoms with Crippen LogP contribution in [-0.2, 0) is 10.5 Å². The molecule has 1 aromatic carbocycles. The summed E-state index contributed by atoms with van der Waals surface area (Å²) in [4.78, 5) is 11.9. The van der Waals surface area contributed by atoms with Gasteiger partial charge in [-0.3, -0.25) is 4.79 Å². The van der Waals surface area contributed by atoms with Crippen LogP contribution in [0.5, 0.6) is 0 Å². The van der Waals surface area contributed by atoms with Crippen LogP contribution < -0.4 is 11.1 Å². The number of carbonyl (C=O) groups is 1. The third kappa shape index (κ3) is 4.15. The van der Waals surface area contributed by atoms with Gasteiger partial charge in [0, 0.05) is 22.1 Å². The molecule has 2 rings (SSSR count). The molecular weight excluding hydrogens is 304 g/mol. The molecule has 1 aliphatic carbocycles. The number of hydrogen-bond donors (Lipinski definition) is 2. The molecule has 1 fully saturated rings. The van der Waals surface area contributed by atoms with Crippen LogP contribution in [0.1, 0.15) is 38.7 Å². The summed E-state index contributed by atoms with van der Waals surface area (Å²) in [5.74, 6) is 0.651. The average Bonchev–Trinajstić information content (AvgIpc) is 2.82. The molecule has 0 aromatic heterocycles. The summed E-state index contributed by atoms with van der Waals surface area (Å²) < 4.78 is 0. The molecule has 0 radical (unpaired) electrons. The normalized spacial score (nSPS) is 25.4. The number of nitrogens with two attached hydrogens (primary N) is 1. The Morgan fingerprint density at radius 3 is 2.86 bits per heavy atom. The first-order valence-electron chi connectivity index (χ1n) is 7.35. The number of hydrogen-bond acceptors (Lipinski definition) is 3. The van der Waals surface area contributed by atoms with E-state index < -0.39 is 5.54 Å². The number of primary amides is 1. The number of rotatable bonds is 6. The van der Waals surface area contributed by atoms with Crippen molar-refractivity contribution in [1.29, 1.82) is 0 Å². The highest BCUT2D eigenvalue weighted by atomic mass is 35.5. The molecule has 0 heterocycles. The zero-order valence-electron chi connectivity index (χ0n) is 12.6. The Bertz CT molecular complexity index is 509. The van der Waals surface area contributed by atoms with E-state index in [1.165, 1.54) is 0 Å². The summed E-state index contributed by atoms with van der Waals surface area (Å²) in [6, 6.07) is 8.17. The van der Waals surface area contributed by atoms with Gasteiger partial charge in [-0.05, 0) is 44.7 Å². The predicted molar refractivity (Wildman–Crippen MR) is 90.6 cm³/mol. The Hall–Kier alpha value is -0.710. The fourth-order valence-electron chi connectivity index (χ4n) is 2.94. The van der Waals surface area contributed by atoms with E-state index in [2.05, 4.69) is 25.2 Å². The highest BCUT2D eigenvalue weighted by Crippen LogP contribution is 2.39. The Labute approximate surface area is 136 Å². The second-order valence-electron chi connectivity index (χ2n) is 6.01. The molecule has 0 saturated heterocycles. The minimum atomic E-state index is -0.535. The van der Waals surface area contributed by atoms with Gasteiger partial charge in [-0.2, -0.15) is 11.8 Å². The Kier molecular flexibility index (Phi) is 5.58. The Morgan fingerprint density at radius 2 is 2.24 bits per heavy atom. The molecule has 0 aliphatic heterocycles. The number of benzene rings is 1. The maximum absolute atomic E-state index is 11.9. The first kappa shape index (κ1) is 16.7. The first-order chi connectivity index (χ1) is 9.93. The van der Waals surface area contributed by atoms with E-state index >= 15 is 0 Å². The molecule has 116 valence electrons. The lowest BCUT2D eigenvalue weighted by molar-refractivity contribution is -0.124. The molecule has 0 bridgehead atoms. The van der Waals surface area contributed by atoms with Gasteiger partial charge < -0.3 is 11.1 Å². The van der Waals surface area contributed by atoms with Crippen molar-refractivity contribution in [1.82, 2.24) is 5.32 Å². The standard InChI is InChI=1S/C16H23ClN2OS/c1-11(2)19-16(15(18)20)8-7-13(9-16)21-10-12-5-3-4-6-14(12)17/h3-6,11,13,19H,7-10H2,1-2H3,(H2,18,20). The van der Waals surface area contributed by atoms with Crippen molar-refractivity contribution in [3.63, 3.8) is 0 Å². The highest BCUT2D eigenvalue weighted by molar-refractivity contribution is 7.99. The maximum Gasteiger partial charge on any atom is 0.237 e. The molecule has 3 N–H and O–H groups in total. The predicted octanol–water partition coefficient (Wildman–Crippen LogP) is 3.35. The summed E-state index contributed by atoms with van der Waals surface area (Å²) in [7, 11) is 0. The molecule has 1 aromatic rings. The van der Waals surface area contributed by atoms with Gasteiger partial charge in [-0.1, -0.05) is 29.8 Å². The van der Waals surface area contributed by atoms with Crippen LogP contribution in [0.2, 0.25) is 5.02 Å². The van der Waals surface area contributed by atoms with E-state index in [1.807, 2.05) is 30.0 Å². The smallest absolute Gasteiger partial charge is 0.237 e. The summed E-state index contributed by atoms with van der Waals surface area (Å²) in [5.41, 5.74) is 6.26. The van der Waals surface area contributed by atoms with E-state index in [9.17, 15) is 4.79 Å². The first-order valence-corrected chi connectivity index (χ1v) is 8.78. The molecule has 3 nitrogen and oxygen atoms in total. The Balaban J connectivity index is 1.95. The fourth-order valence-corrected chi connectivity index (χ4v) is 4.58. The third-order valence-electron chi connectivity index (χ3n) is 3.94. The van der Waals surface area contributed by atoms with Crippen LogP contribution in [-0.4, -0.2) is 22.7 Å². The van der Waals surface area contributed by atoms with Crippen molar-refractivity contribution in [2.45, 2.75) is 55.7 Å². The van der Waals surface area contributed by atoms with Gasteiger partial charge >= 0.3 is 0 Å². The topological polar surface area (TPSA) is 55.1 Å². The molecular formula is C16H23ClN2OS. The SMILES string of the molecule is CC(C)NC1(C(N)=O)CCC(SCc2ccccc2Cl)C1. The summed E-state index contributed by atoms with van der Waals surface area (Å²) >= 11 is 8.05. The van der Waals surface area contributed by atoms with Crippen molar-refractivity contribution in [3.05, 3.63) is 34.9 Å². The van der Waals surface area contributed by atoms with Crippen molar-refractivity contribution >= 4 is 29.3 Å². The molecule has 5 heteroatoms. The van der Waals surface area contributed by atoms with Crippen LogP contribution in [0.4, 0.5) is 0 Å². The minimum absolute atomic E-state index is 0.225. The van der Waals surface area contributed by atoms with Crippen molar-refractivity contribution in [2.24, 2.45) is 5.73 Å². The van der Waals surface area contributed by atoms with E-state index in [4.69, 9.17) is 17.3 Å². The number of thioether (sulfide) groups is 1. The zero-order valence-corrected chi connectivity index (χ0v) is 14.1. The fraction of sp³-hybridized carbons (Fsp3) is 0.562. The number of halogens is 1. The third-order valence-corrected chi connectivity index (χ3v) is 5.66. The van der Waals surface area contributed by atoms with E-state index in [0.29, 0.717) is 5.25 Å². The van der Waals surface area contributed by atoms with Gasteiger partial charge in [0.2, 0.25) is 5.91 Å². The van der Waals surface area contributed by atoms with Gasteiger partial charge in [0.05, 0.1) is 5.54 Å². The van der Waals surface area contributed by atoms with Gasteiger partial charge in [0.1, 0.15) is 0 Å². The number of amides is 1. The molecule has 1 saturated carbocycles. The van der Waals surface area contributed by atoms with Gasteiger partial charge in [0.15, 0.2) is 0 Å². The van der Waals surface area contributed by atoms with Crippen LogP contribution in [0.15, 0.2) is 24.3 Å². The lowest BCUT2D eigenvalue weighted by Crippen LogP contribution is -2.56. The van der Waals surface area contributed by atoms with Crippen molar-refractivity contribution < 1.29 is 4.79 Å². The summed E-state index contributed by atoms with van der Waals surface area (Å²) in [5, 5.41) is 4.63. The van der Waals surface area contributed by atoms with E-state index in [-0.39, 0.29) is 11.9 Å². The van der Waals surface area contributed by atoms with Crippen LogP contribution >= 0.6 is 23.4 Å². The quantitative estimate of drug-likeness (QED) is 0.843. The molecule has 21 heavy (non-hydrogen) atoms. The lowest BCUT2D eigenvalue weighted by atomic mass is 9.96. The van der Waals surface area contributed by atoms with Gasteiger partial charge in [0.25, 0.3) is 0 Å². The van der Waals surface area contributed by atoms with Gasteiger partial charge in [-0.15, -0.1) is 0 Å². The number of carbonyl (C=O) groups excluding carboxylic acids is 1. The molecule has 0 spiro atoms. The molecule has 2 unspecified atom stereocenters. The van der Waals surface area contributed by atoms with E-state index in [1.54, 1.807) is 0 Å². The number of nitrogens with one attached hydrogen (secondary N) is 1. The second kappa shape index (κ2) is 7.03. The molecule has 1 aliphatic rings. The van der Waals surface area contributed by atoms with Crippen LogP contribution in [0.3, 0.4) is 0 Å². The van der Waals surface area contributed by atoms with Crippen LogP contribution in [0.25, 0.3) is 0 Å². The lowest BCUT2D eigenvalue weighted by Gasteiger charge is -2.29. The van der Waals surface area contributed by atoms with Crippen molar-refractivity contribution in [3.8, 4) is 0 Å². The second-order valence-corrected chi connectivity index (χ2v) is 7.71. The van der Waals surface area contributed by atoms with Gasteiger partial charge in [-0.25, -0.2) is 0 Å². The average molecular weight is 327 g/mol. The molecule has 1 amide bonds. The summed E-state index contributed by atoms with van der Waals surface area (Å²) in [6.45, 7) is 4.10. The highest BCUT2D eigenvalue weighted by Gasteiger charge is 2.44. The minimum Gasteiger partial charge on any atom is -0.368 e. The zero-order chi connectivity index (χ0) is 15.5. The molecule has 2 atom stereocenters. The van der Waals surface area contributed by atoms with Crippen LogP contribution in [0, 0.1) is 0 Å². The largest absolute Gasteiger partial charge is 0.368 e. The summed E-state index contributed by atoms with van der Waals surface area (Å²) in [6.07, 6.45) is 2.63. The monoisotopic (exact) mass is 326 g/mol. The van der Waals surface area contributed by atoms with E-state index in [0.717, 1.165) is 35.6 Å². The maximum atomic E-state index is 11.9. The Morgan fingerprint density at radius 1 is 1.52 bits per heavy atom.